The summed E-state index contributed by atoms with van der Waals surface area (Å²) in [7, 11) is -0.764. The molecule has 0 aliphatic heterocycles. The van der Waals surface area contributed by atoms with Gasteiger partial charge >= 0.3 is 0 Å². The van der Waals surface area contributed by atoms with Gasteiger partial charge in [0.05, 0.1) is 24.6 Å². The predicted molar refractivity (Wildman–Crippen MR) is 114 cm³/mol. The van der Waals surface area contributed by atoms with Crippen molar-refractivity contribution in [2.45, 2.75) is 22.8 Å². The second kappa shape index (κ2) is 10.5. The zero-order valence-corrected chi connectivity index (χ0v) is 18.5. The number of methoxy groups -OCH3 is 1. The minimum Gasteiger partial charge on any atom is -0.497 e. The van der Waals surface area contributed by atoms with Crippen LogP contribution in [0.15, 0.2) is 58.3 Å². The van der Waals surface area contributed by atoms with Crippen LogP contribution in [-0.4, -0.2) is 58.2 Å². The molecule has 0 saturated carbocycles. The van der Waals surface area contributed by atoms with E-state index in [2.05, 4.69) is 5.32 Å². The molecule has 0 fully saturated rings. The third-order valence-corrected chi connectivity index (χ3v) is 6.66. The predicted octanol–water partition coefficient (Wildman–Crippen LogP) is 2.62. The van der Waals surface area contributed by atoms with Crippen molar-refractivity contribution in [1.82, 2.24) is 9.62 Å². The van der Waals surface area contributed by atoms with E-state index in [-0.39, 0.29) is 24.1 Å². The first-order chi connectivity index (χ1) is 13.8. The summed E-state index contributed by atoms with van der Waals surface area (Å²) in [5.41, 5.74) is 0. The Morgan fingerprint density at radius 3 is 2.24 bits per heavy atom. The number of sulfonamides is 1. The van der Waals surface area contributed by atoms with E-state index in [1.54, 1.807) is 62.6 Å². The monoisotopic (exact) mass is 438 g/mol. The molecule has 1 unspecified atom stereocenters. The van der Waals surface area contributed by atoms with E-state index in [1.165, 1.54) is 18.8 Å². The van der Waals surface area contributed by atoms with Gasteiger partial charge in [0.15, 0.2) is 0 Å². The maximum absolute atomic E-state index is 12.6. The molecule has 0 saturated heterocycles. The van der Waals surface area contributed by atoms with Crippen molar-refractivity contribution in [2.24, 2.45) is 0 Å². The van der Waals surface area contributed by atoms with Gasteiger partial charge in [-0.2, -0.15) is 4.31 Å². The van der Waals surface area contributed by atoms with Crippen LogP contribution in [0.2, 0.25) is 0 Å². The largest absolute Gasteiger partial charge is 0.497 e. The van der Waals surface area contributed by atoms with Crippen molar-refractivity contribution in [3.63, 3.8) is 0 Å². The van der Waals surface area contributed by atoms with Crippen LogP contribution in [0, 0.1) is 0 Å². The molecule has 7 nitrogen and oxygen atoms in total. The van der Waals surface area contributed by atoms with Crippen molar-refractivity contribution in [1.29, 1.82) is 0 Å². The molecule has 9 heteroatoms. The average molecular weight is 439 g/mol. The first-order valence-electron chi connectivity index (χ1n) is 8.93. The summed E-state index contributed by atoms with van der Waals surface area (Å²) in [6.07, 6.45) is 1.92. The highest BCUT2D eigenvalue weighted by Crippen LogP contribution is 2.20. The second-order valence-electron chi connectivity index (χ2n) is 6.39. The Balaban J connectivity index is 1.85. The minimum absolute atomic E-state index is 0.154. The summed E-state index contributed by atoms with van der Waals surface area (Å²) in [6, 6.07) is 13.4. The fraction of sp³-hybridized carbons (Fsp3) is 0.350. The summed E-state index contributed by atoms with van der Waals surface area (Å²) in [6.45, 7) is 1.77. The maximum Gasteiger partial charge on any atom is 0.243 e. The Labute approximate surface area is 176 Å². The van der Waals surface area contributed by atoms with E-state index in [9.17, 15) is 13.2 Å². The molecule has 0 aliphatic carbocycles. The standard InChI is InChI=1S/C20H26N2O5S2/c1-15(14-27-17-7-5-16(26-3)6-8-17)21-20(23)13-22(2)29(24,25)19-11-9-18(28-4)10-12-19/h5-12,15H,13-14H2,1-4H3,(H,21,23). The van der Waals surface area contributed by atoms with Gasteiger partial charge in [0.1, 0.15) is 18.1 Å². The molecule has 158 valence electrons. The number of carbonyl (C=O) groups excluding carboxylic acids is 1. The van der Waals surface area contributed by atoms with Crippen molar-refractivity contribution in [3.05, 3.63) is 48.5 Å². The van der Waals surface area contributed by atoms with Gasteiger partial charge < -0.3 is 14.8 Å². The van der Waals surface area contributed by atoms with Gasteiger partial charge in [0.25, 0.3) is 0 Å². The molecule has 1 N–H and O–H groups in total. The SMILES string of the molecule is COc1ccc(OCC(C)NC(=O)CN(C)S(=O)(=O)c2ccc(SC)cc2)cc1. The Kier molecular flexibility index (Phi) is 8.36. The first kappa shape index (κ1) is 23.1. The van der Waals surface area contributed by atoms with E-state index in [0.29, 0.717) is 5.75 Å². The molecule has 2 aromatic rings. The van der Waals surface area contributed by atoms with E-state index >= 15 is 0 Å². The van der Waals surface area contributed by atoms with Gasteiger partial charge in [-0.25, -0.2) is 8.42 Å². The number of carbonyl (C=O) groups is 1. The van der Waals surface area contributed by atoms with Crippen molar-refractivity contribution in [3.8, 4) is 11.5 Å². The maximum atomic E-state index is 12.6. The summed E-state index contributed by atoms with van der Waals surface area (Å²) >= 11 is 1.53. The molecule has 29 heavy (non-hydrogen) atoms. The molecule has 2 rings (SSSR count). The molecule has 0 spiro atoms. The Morgan fingerprint density at radius 1 is 1.10 bits per heavy atom. The normalized spacial score (nSPS) is 12.4. The van der Waals surface area contributed by atoms with Crippen LogP contribution in [0.1, 0.15) is 6.92 Å². The van der Waals surface area contributed by atoms with Gasteiger partial charge in [-0.3, -0.25) is 4.79 Å². The molecular weight excluding hydrogens is 412 g/mol. The molecule has 2 aromatic carbocycles. The fourth-order valence-electron chi connectivity index (χ4n) is 2.47. The van der Waals surface area contributed by atoms with Gasteiger partial charge in [-0.1, -0.05) is 0 Å². The molecular formula is C20H26N2O5S2. The van der Waals surface area contributed by atoms with Crippen LogP contribution in [0.4, 0.5) is 0 Å². The molecule has 0 radical (unpaired) electrons. The van der Waals surface area contributed by atoms with Crippen LogP contribution in [0.5, 0.6) is 11.5 Å². The Morgan fingerprint density at radius 2 is 1.69 bits per heavy atom. The number of nitrogens with zero attached hydrogens (tertiary/aromatic N) is 1. The summed E-state index contributed by atoms with van der Waals surface area (Å²) < 4.78 is 37.0. The third kappa shape index (κ3) is 6.66. The van der Waals surface area contributed by atoms with E-state index < -0.39 is 15.9 Å². The highest BCUT2D eigenvalue weighted by molar-refractivity contribution is 7.98. The molecule has 0 heterocycles. The molecule has 0 aromatic heterocycles. The lowest BCUT2D eigenvalue weighted by molar-refractivity contribution is -0.121. The number of amides is 1. The van der Waals surface area contributed by atoms with Crippen LogP contribution in [0.3, 0.4) is 0 Å². The number of thioether (sulfide) groups is 1. The Hall–Kier alpha value is -2.23. The zero-order chi connectivity index (χ0) is 21.4. The molecule has 1 amide bonds. The molecule has 1 atom stereocenters. The van der Waals surface area contributed by atoms with Crippen LogP contribution < -0.4 is 14.8 Å². The smallest absolute Gasteiger partial charge is 0.243 e. The number of hydrogen-bond acceptors (Lipinski definition) is 6. The summed E-state index contributed by atoms with van der Waals surface area (Å²) in [5, 5.41) is 2.75. The third-order valence-electron chi connectivity index (χ3n) is 4.10. The number of ether oxygens (including phenoxy) is 2. The van der Waals surface area contributed by atoms with Crippen LogP contribution >= 0.6 is 11.8 Å². The van der Waals surface area contributed by atoms with Crippen molar-refractivity contribution < 1.29 is 22.7 Å². The van der Waals surface area contributed by atoms with E-state index in [1.807, 2.05) is 6.26 Å². The minimum atomic E-state index is -3.74. The number of nitrogens with one attached hydrogen (secondary N) is 1. The molecule has 0 bridgehead atoms. The van der Waals surface area contributed by atoms with Crippen LogP contribution in [0.25, 0.3) is 0 Å². The average Bonchev–Trinajstić information content (AvgIpc) is 2.72. The van der Waals surface area contributed by atoms with Gasteiger partial charge in [-0.05, 0) is 61.7 Å². The fourth-order valence-corrected chi connectivity index (χ4v) is 4.01. The highest BCUT2D eigenvalue weighted by atomic mass is 32.2. The zero-order valence-electron chi connectivity index (χ0n) is 16.9. The summed E-state index contributed by atoms with van der Waals surface area (Å²) in [4.78, 5) is 13.4. The van der Waals surface area contributed by atoms with Crippen LogP contribution in [-0.2, 0) is 14.8 Å². The first-order valence-corrected chi connectivity index (χ1v) is 11.6. The molecule has 0 aliphatic rings. The topological polar surface area (TPSA) is 84.9 Å². The lowest BCUT2D eigenvalue weighted by atomic mass is 10.3. The Bertz CT molecular complexity index is 899. The highest BCUT2D eigenvalue weighted by Gasteiger charge is 2.23. The van der Waals surface area contributed by atoms with Crippen molar-refractivity contribution in [2.75, 3.05) is 33.6 Å². The van der Waals surface area contributed by atoms with Crippen molar-refractivity contribution >= 4 is 27.7 Å². The van der Waals surface area contributed by atoms with Gasteiger partial charge in [0, 0.05) is 11.9 Å². The number of rotatable bonds is 10. The van der Waals surface area contributed by atoms with Gasteiger partial charge in [0.2, 0.25) is 15.9 Å². The van der Waals surface area contributed by atoms with Gasteiger partial charge in [-0.15, -0.1) is 11.8 Å². The summed E-state index contributed by atoms with van der Waals surface area (Å²) in [5.74, 6) is 0.981. The van der Waals surface area contributed by atoms with E-state index in [4.69, 9.17) is 9.47 Å². The van der Waals surface area contributed by atoms with E-state index in [0.717, 1.165) is 15.0 Å². The number of likely N-dealkylation sites (N-methyl/N-ethyl adjacent to an activating group) is 1. The number of benzene rings is 2. The lowest BCUT2D eigenvalue weighted by Gasteiger charge is -2.19. The number of hydrogen-bond donors (Lipinski definition) is 1. The second-order valence-corrected chi connectivity index (χ2v) is 9.32. The quantitative estimate of drug-likeness (QED) is 0.574. The lowest BCUT2D eigenvalue weighted by Crippen LogP contribution is -2.43.